The van der Waals surface area contributed by atoms with Gasteiger partial charge < -0.3 is 0 Å². The third-order valence-electron chi connectivity index (χ3n) is 2.66. The van der Waals surface area contributed by atoms with Gasteiger partial charge in [-0.25, -0.2) is 4.68 Å². The Hall–Kier alpha value is -2.07. The van der Waals surface area contributed by atoms with Crippen LogP contribution in [0.3, 0.4) is 0 Å². The number of ketones is 1. The van der Waals surface area contributed by atoms with Crippen LogP contribution in [0.15, 0.2) is 46.2 Å². The van der Waals surface area contributed by atoms with E-state index in [4.69, 9.17) is 11.6 Å². The van der Waals surface area contributed by atoms with Crippen molar-refractivity contribution in [3.8, 4) is 5.69 Å². The number of nitrogens with one attached hydrogen (secondary N) is 1. The molecule has 5 heteroatoms. The molecule has 0 aliphatic heterocycles. The van der Waals surface area contributed by atoms with Crippen LogP contribution in [0.2, 0.25) is 0 Å². The van der Waals surface area contributed by atoms with Crippen molar-refractivity contribution in [1.29, 1.82) is 0 Å². The van der Waals surface area contributed by atoms with Crippen molar-refractivity contribution in [3.05, 3.63) is 63.1 Å². The predicted octanol–water partition coefficient (Wildman–Crippen LogP) is 2.80. The summed E-state index contributed by atoms with van der Waals surface area (Å²) in [5, 5.41) is 3.24. The summed E-state index contributed by atoms with van der Waals surface area (Å²) in [5.41, 5.74) is 0.945. The Morgan fingerprint density at radius 1 is 1.32 bits per heavy atom. The van der Waals surface area contributed by atoms with Gasteiger partial charge in [0.2, 0.25) is 0 Å². The number of rotatable bonds is 3. The summed E-state index contributed by atoms with van der Waals surface area (Å²) >= 11 is 5.67. The number of benzene rings is 1. The number of aromatic amines is 1. The lowest BCUT2D eigenvalue weighted by Crippen LogP contribution is -2.19. The highest BCUT2D eigenvalue weighted by molar-refractivity contribution is 6.31. The van der Waals surface area contributed by atoms with Crippen LogP contribution in [0.5, 0.6) is 0 Å². The Labute approximate surface area is 115 Å². The zero-order valence-corrected chi connectivity index (χ0v) is 11.4. The minimum atomic E-state index is -0.388. The maximum atomic E-state index is 12.3. The average molecular weight is 277 g/mol. The molecular weight excluding hydrogens is 264 g/mol. The van der Waals surface area contributed by atoms with Gasteiger partial charge in [-0.2, -0.15) is 0 Å². The first-order chi connectivity index (χ1) is 9.00. The number of carbonyl (C=O) groups is 1. The number of hydrogen-bond donors (Lipinski definition) is 1. The van der Waals surface area contributed by atoms with Gasteiger partial charge in [0.25, 0.3) is 5.56 Å². The molecule has 0 amide bonds. The van der Waals surface area contributed by atoms with Crippen LogP contribution in [-0.4, -0.2) is 15.6 Å². The standard InChI is InChI=1S/C14H13ClN2O2/c1-9(15)8-12(18)13-10(2)16-17(14(13)19)11-6-4-3-5-7-11/h3-8,16H,1-2H3/b9-8-. The summed E-state index contributed by atoms with van der Waals surface area (Å²) in [7, 11) is 0. The fraction of sp³-hybridized carbons (Fsp3) is 0.143. The van der Waals surface area contributed by atoms with E-state index < -0.39 is 0 Å². The van der Waals surface area contributed by atoms with E-state index in [1.807, 2.05) is 18.2 Å². The van der Waals surface area contributed by atoms with Crippen LogP contribution in [0.25, 0.3) is 5.69 Å². The molecule has 0 aliphatic rings. The third kappa shape index (κ3) is 2.69. The Balaban J connectivity index is 2.56. The minimum Gasteiger partial charge on any atom is -0.295 e. The molecule has 0 radical (unpaired) electrons. The molecule has 2 aromatic rings. The maximum absolute atomic E-state index is 12.3. The number of para-hydroxylation sites is 1. The van der Waals surface area contributed by atoms with E-state index in [1.165, 1.54) is 10.8 Å². The molecule has 0 fully saturated rings. The van der Waals surface area contributed by atoms with Gasteiger partial charge in [0.15, 0.2) is 5.78 Å². The van der Waals surface area contributed by atoms with E-state index in [2.05, 4.69) is 5.10 Å². The molecule has 4 nitrogen and oxygen atoms in total. The van der Waals surface area contributed by atoms with Crippen LogP contribution < -0.4 is 5.56 Å². The molecule has 1 heterocycles. The van der Waals surface area contributed by atoms with E-state index in [1.54, 1.807) is 26.0 Å². The highest BCUT2D eigenvalue weighted by atomic mass is 35.5. The molecule has 0 atom stereocenters. The molecule has 1 N–H and O–H groups in total. The molecule has 0 saturated heterocycles. The molecule has 0 bridgehead atoms. The first kappa shape index (κ1) is 13.4. The van der Waals surface area contributed by atoms with Crippen LogP contribution >= 0.6 is 11.6 Å². The number of carbonyl (C=O) groups excluding carboxylic acids is 1. The molecule has 0 aliphatic carbocycles. The van der Waals surface area contributed by atoms with Gasteiger partial charge in [-0.1, -0.05) is 29.8 Å². The normalized spacial score (nSPS) is 11.6. The zero-order valence-electron chi connectivity index (χ0n) is 10.6. The number of aromatic nitrogens is 2. The number of nitrogens with zero attached hydrogens (tertiary/aromatic N) is 1. The first-order valence-electron chi connectivity index (χ1n) is 5.76. The molecule has 19 heavy (non-hydrogen) atoms. The van der Waals surface area contributed by atoms with Crippen molar-refractivity contribution in [2.75, 3.05) is 0 Å². The minimum absolute atomic E-state index is 0.115. The molecule has 0 unspecified atom stereocenters. The second-order valence-corrected chi connectivity index (χ2v) is 4.78. The zero-order chi connectivity index (χ0) is 14.0. The SMILES string of the molecule is C/C(Cl)=C/C(=O)c1c(C)[nH]n(-c2ccccc2)c1=O. The van der Waals surface area contributed by atoms with Gasteiger partial charge in [-0.15, -0.1) is 0 Å². The number of H-pyrrole nitrogens is 1. The summed E-state index contributed by atoms with van der Waals surface area (Å²) in [4.78, 5) is 24.2. The van der Waals surface area contributed by atoms with Crippen LogP contribution in [0, 0.1) is 6.92 Å². The average Bonchev–Trinajstić information content (AvgIpc) is 2.65. The Kier molecular flexibility index (Phi) is 3.71. The molecule has 2 rings (SSSR count). The predicted molar refractivity (Wildman–Crippen MR) is 75.1 cm³/mol. The fourth-order valence-corrected chi connectivity index (χ4v) is 1.95. The fourth-order valence-electron chi connectivity index (χ4n) is 1.85. The summed E-state index contributed by atoms with van der Waals surface area (Å²) in [6.45, 7) is 3.28. The number of hydrogen-bond acceptors (Lipinski definition) is 2. The summed E-state index contributed by atoms with van der Waals surface area (Å²) in [6.07, 6.45) is 1.24. The van der Waals surface area contributed by atoms with Gasteiger partial charge in [0.05, 0.1) is 5.69 Å². The largest absolute Gasteiger partial charge is 0.295 e. The molecule has 1 aromatic heterocycles. The second-order valence-electron chi connectivity index (χ2n) is 4.18. The van der Waals surface area contributed by atoms with E-state index in [0.29, 0.717) is 16.4 Å². The lowest BCUT2D eigenvalue weighted by molar-refractivity contribution is 0.104. The number of allylic oxidation sites excluding steroid dienone is 2. The monoisotopic (exact) mass is 276 g/mol. The highest BCUT2D eigenvalue weighted by Gasteiger charge is 2.17. The topological polar surface area (TPSA) is 54.9 Å². The summed E-state index contributed by atoms with van der Waals surface area (Å²) in [6, 6.07) is 9.07. The van der Waals surface area contributed by atoms with Crippen molar-refractivity contribution in [2.45, 2.75) is 13.8 Å². The van der Waals surface area contributed by atoms with E-state index in [-0.39, 0.29) is 16.9 Å². The summed E-state index contributed by atoms with van der Waals surface area (Å²) in [5.74, 6) is -0.388. The van der Waals surface area contributed by atoms with Crippen LogP contribution in [0.4, 0.5) is 0 Å². The van der Waals surface area contributed by atoms with E-state index in [0.717, 1.165) is 0 Å². The summed E-state index contributed by atoms with van der Waals surface area (Å²) < 4.78 is 1.35. The van der Waals surface area contributed by atoms with Gasteiger partial charge in [-0.3, -0.25) is 14.7 Å². The lowest BCUT2D eigenvalue weighted by Gasteiger charge is -1.99. The third-order valence-corrected chi connectivity index (χ3v) is 2.77. The first-order valence-corrected chi connectivity index (χ1v) is 6.13. The van der Waals surface area contributed by atoms with E-state index >= 15 is 0 Å². The Morgan fingerprint density at radius 3 is 2.53 bits per heavy atom. The van der Waals surface area contributed by atoms with Gasteiger partial charge in [0.1, 0.15) is 5.56 Å². The maximum Gasteiger partial charge on any atom is 0.282 e. The van der Waals surface area contributed by atoms with Crippen LogP contribution in [-0.2, 0) is 0 Å². The quantitative estimate of drug-likeness (QED) is 0.692. The van der Waals surface area contributed by atoms with Gasteiger partial charge >= 0.3 is 0 Å². The molecular formula is C14H13ClN2O2. The Morgan fingerprint density at radius 2 is 1.95 bits per heavy atom. The van der Waals surface area contributed by atoms with Crippen molar-refractivity contribution >= 4 is 17.4 Å². The van der Waals surface area contributed by atoms with Crippen molar-refractivity contribution in [2.24, 2.45) is 0 Å². The molecule has 0 saturated carbocycles. The van der Waals surface area contributed by atoms with Crippen molar-refractivity contribution < 1.29 is 4.79 Å². The Bertz CT molecular complexity index is 692. The molecule has 0 spiro atoms. The molecule has 1 aromatic carbocycles. The smallest absolute Gasteiger partial charge is 0.282 e. The van der Waals surface area contributed by atoms with Crippen molar-refractivity contribution in [1.82, 2.24) is 9.78 Å². The van der Waals surface area contributed by atoms with Crippen LogP contribution in [0.1, 0.15) is 23.0 Å². The number of halogens is 1. The van der Waals surface area contributed by atoms with E-state index in [9.17, 15) is 9.59 Å². The van der Waals surface area contributed by atoms with Crippen molar-refractivity contribution in [3.63, 3.8) is 0 Å². The van der Waals surface area contributed by atoms with Gasteiger partial charge in [0, 0.05) is 16.8 Å². The van der Waals surface area contributed by atoms with Gasteiger partial charge in [-0.05, 0) is 26.0 Å². The molecule has 98 valence electrons. The number of aryl methyl sites for hydroxylation is 1. The second kappa shape index (κ2) is 5.28. The highest BCUT2D eigenvalue weighted by Crippen LogP contribution is 2.09. The lowest BCUT2D eigenvalue weighted by atomic mass is 10.1.